The predicted octanol–water partition coefficient (Wildman–Crippen LogP) is 1.74. The summed E-state index contributed by atoms with van der Waals surface area (Å²) in [7, 11) is 0. The van der Waals surface area contributed by atoms with E-state index in [0.29, 0.717) is 23.0 Å². The molecule has 0 bridgehead atoms. The zero-order valence-electron chi connectivity index (χ0n) is 16.7. The average Bonchev–Trinajstić information content (AvgIpc) is 2.68. The van der Waals surface area contributed by atoms with Crippen LogP contribution in [0.3, 0.4) is 0 Å². The maximum Gasteiger partial charge on any atom is 0.274 e. The lowest BCUT2D eigenvalue weighted by Crippen LogP contribution is -2.39. The first-order valence-corrected chi connectivity index (χ1v) is 9.58. The van der Waals surface area contributed by atoms with Crippen molar-refractivity contribution in [2.24, 2.45) is 0 Å². The molecule has 9 heteroatoms. The Morgan fingerprint density at radius 3 is 2.55 bits per heavy atom. The van der Waals surface area contributed by atoms with E-state index < -0.39 is 0 Å². The van der Waals surface area contributed by atoms with Crippen molar-refractivity contribution in [1.29, 1.82) is 0 Å². The Morgan fingerprint density at radius 1 is 1.10 bits per heavy atom. The number of nitrogens with one attached hydrogen (secondary N) is 3. The van der Waals surface area contributed by atoms with Crippen LogP contribution in [0.4, 0.5) is 17.2 Å². The molecule has 0 radical (unpaired) electrons. The summed E-state index contributed by atoms with van der Waals surface area (Å²) in [6, 6.07) is 8.58. The van der Waals surface area contributed by atoms with Gasteiger partial charge in [-0.25, -0.2) is 9.97 Å². The van der Waals surface area contributed by atoms with Crippen molar-refractivity contribution < 1.29 is 14.3 Å². The maximum absolute atomic E-state index is 12.6. The van der Waals surface area contributed by atoms with Crippen LogP contribution in [-0.2, 0) is 9.53 Å². The number of benzene rings is 1. The summed E-state index contributed by atoms with van der Waals surface area (Å²) in [6.07, 6.45) is 0. The molecule has 1 fully saturated rings. The van der Waals surface area contributed by atoms with Crippen LogP contribution >= 0.6 is 0 Å². The number of ether oxygens (including phenoxy) is 1. The van der Waals surface area contributed by atoms with Gasteiger partial charge in [0.1, 0.15) is 17.3 Å². The molecule has 2 heterocycles. The Morgan fingerprint density at radius 2 is 1.83 bits per heavy atom. The lowest BCUT2D eigenvalue weighted by Gasteiger charge is -2.26. The van der Waals surface area contributed by atoms with E-state index in [1.807, 2.05) is 0 Å². The van der Waals surface area contributed by atoms with Crippen molar-refractivity contribution >= 4 is 29.0 Å². The SMILES string of the molecule is CC(=O)Nc1cccc(NC(=O)c2cc(NCCN3CCOCC3)nc(C)n2)c1. The molecule has 1 aliphatic heterocycles. The van der Waals surface area contributed by atoms with Crippen LogP contribution < -0.4 is 16.0 Å². The smallest absolute Gasteiger partial charge is 0.274 e. The van der Waals surface area contributed by atoms with Crippen molar-refractivity contribution in [1.82, 2.24) is 14.9 Å². The van der Waals surface area contributed by atoms with Crippen molar-refractivity contribution in [3.8, 4) is 0 Å². The van der Waals surface area contributed by atoms with Crippen LogP contribution in [-0.4, -0.2) is 66.1 Å². The third kappa shape index (κ3) is 6.51. The number of nitrogens with zero attached hydrogens (tertiary/aromatic N) is 3. The number of aryl methyl sites for hydroxylation is 1. The fourth-order valence-electron chi connectivity index (χ4n) is 3.01. The first-order valence-electron chi connectivity index (χ1n) is 9.58. The zero-order valence-corrected chi connectivity index (χ0v) is 16.7. The predicted molar refractivity (Wildman–Crippen MR) is 111 cm³/mol. The largest absolute Gasteiger partial charge is 0.379 e. The highest BCUT2D eigenvalue weighted by atomic mass is 16.5. The van der Waals surface area contributed by atoms with E-state index >= 15 is 0 Å². The van der Waals surface area contributed by atoms with Gasteiger partial charge in [-0.05, 0) is 25.1 Å². The number of amides is 2. The molecule has 1 saturated heterocycles. The van der Waals surface area contributed by atoms with E-state index in [0.717, 1.165) is 39.4 Å². The number of anilines is 3. The normalized spacial score (nSPS) is 14.3. The second-order valence-corrected chi connectivity index (χ2v) is 6.78. The second kappa shape index (κ2) is 9.94. The van der Waals surface area contributed by atoms with Gasteiger partial charge >= 0.3 is 0 Å². The van der Waals surface area contributed by atoms with Gasteiger partial charge < -0.3 is 20.7 Å². The van der Waals surface area contributed by atoms with Gasteiger partial charge in [0.05, 0.1) is 13.2 Å². The van der Waals surface area contributed by atoms with Gasteiger partial charge in [-0.2, -0.15) is 0 Å². The number of carbonyl (C=O) groups is 2. The molecule has 2 amide bonds. The Bertz CT molecular complexity index is 867. The second-order valence-electron chi connectivity index (χ2n) is 6.78. The van der Waals surface area contributed by atoms with Crippen LogP contribution in [0.5, 0.6) is 0 Å². The maximum atomic E-state index is 12.6. The molecule has 0 aliphatic carbocycles. The molecular formula is C20H26N6O3. The average molecular weight is 398 g/mol. The molecule has 0 unspecified atom stereocenters. The first kappa shape index (κ1) is 20.7. The minimum atomic E-state index is -0.341. The molecule has 0 saturated carbocycles. The summed E-state index contributed by atoms with van der Waals surface area (Å²) in [4.78, 5) is 34.8. The lowest BCUT2D eigenvalue weighted by atomic mass is 10.2. The van der Waals surface area contributed by atoms with E-state index in [1.54, 1.807) is 37.3 Å². The molecular weight excluding hydrogens is 372 g/mol. The minimum Gasteiger partial charge on any atom is -0.379 e. The summed E-state index contributed by atoms with van der Waals surface area (Å²) < 4.78 is 5.35. The number of hydrogen-bond acceptors (Lipinski definition) is 7. The van der Waals surface area contributed by atoms with Crippen LogP contribution in [0.2, 0.25) is 0 Å². The molecule has 154 valence electrons. The number of morpholine rings is 1. The van der Waals surface area contributed by atoms with Crippen LogP contribution in [0.25, 0.3) is 0 Å². The number of carbonyl (C=O) groups excluding carboxylic acids is 2. The van der Waals surface area contributed by atoms with Crippen molar-refractivity contribution in [2.45, 2.75) is 13.8 Å². The molecule has 0 spiro atoms. The van der Waals surface area contributed by atoms with E-state index in [1.165, 1.54) is 6.92 Å². The number of aromatic nitrogens is 2. The third-order valence-electron chi connectivity index (χ3n) is 4.35. The van der Waals surface area contributed by atoms with E-state index in [2.05, 4.69) is 30.8 Å². The van der Waals surface area contributed by atoms with Gasteiger partial charge in [0.15, 0.2) is 0 Å². The molecule has 29 heavy (non-hydrogen) atoms. The van der Waals surface area contributed by atoms with Gasteiger partial charge in [-0.3, -0.25) is 14.5 Å². The van der Waals surface area contributed by atoms with E-state index in [-0.39, 0.29) is 17.5 Å². The van der Waals surface area contributed by atoms with Gasteiger partial charge in [0.2, 0.25) is 5.91 Å². The minimum absolute atomic E-state index is 0.173. The van der Waals surface area contributed by atoms with E-state index in [4.69, 9.17) is 4.74 Å². The fraction of sp³-hybridized carbons (Fsp3) is 0.400. The van der Waals surface area contributed by atoms with Gasteiger partial charge in [0, 0.05) is 50.5 Å². The molecule has 1 aliphatic rings. The topological polar surface area (TPSA) is 108 Å². The molecule has 3 N–H and O–H groups in total. The Balaban J connectivity index is 1.60. The highest BCUT2D eigenvalue weighted by molar-refractivity contribution is 6.03. The Labute approximate surface area is 169 Å². The van der Waals surface area contributed by atoms with Crippen molar-refractivity contribution in [3.63, 3.8) is 0 Å². The molecule has 2 aromatic rings. The molecule has 1 aromatic heterocycles. The van der Waals surface area contributed by atoms with Crippen molar-refractivity contribution in [3.05, 3.63) is 41.9 Å². The molecule has 3 rings (SSSR count). The summed E-state index contributed by atoms with van der Waals surface area (Å²) in [5.41, 5.74) is 1.45. The number of hydrogen-bond donors (Lipinski definition) is 3. The highest BCUT2D eigenvalue weighted by Gasteiger charge is 2.13. The number of rotatable bonds is 7. The third-order valence-corrected chi connectivity index (χ3v) is 4.35. The van der Waals surface area contributed by atoms with E-state index in [9.17, 15) is 9.59 Å². The quantitative estimate of drug-likeness (QED) is 0.652. The van der Waals surface area contributed by atoms with Gasteiger partial charge in [-0.1, -0.05) is 6.07 Å². The summed E-state index contributed by atoms with van der Waals surface area (Å²) in [6.45, 7) is 8.16. The summed E-state index contributed by atoms with van der Waals surface area (Å²) in [5.74, 6) is 0.612. The van der Waals surface area contributed by atoms with Crippen LogP contribution in [0.1, 0.15) is 23.2 Å². The summed E-state index contributed by atoms with van der Waals surface area (Å²) in [5, 5.41) is 8.75. The van der Waals surface area contributed by atoms with Gasteiger partial charge in [-0.15, -0.1) is 0 Å². The standard InChI is InChI=1S/C20H26N6O3/c1-14-22-18(13-19(23-14)21-6-7-26-8-10-29-11-9-26)20(28)25-17-5-3-4-16(12-17)24-15(2)27/h3-5,12-13H,6-11H2,1-2H3,(H,24,27)(H,25,28)(H,21,22,23). The van der Waals surface area contributed by atoms with Crippen molar-refractivity contribution in [2.75, 3.05) is 55.3 Å². The summed E-state index contributed by atoms with van der Waals surface area (Å²) >= 11 is 0. The molecule has 0 atom stereocenters. The van der Waals surface area contributed by atoms with Gasteiger partial charge in [0.25, 0.3) is 5.91 Å². The highest BCUT2D eigenvalue weighted by Crippen LogP contribution is 2.16. The molecule has 1 aromatic carbocycles. The lowest BCUT2D eigenvalue weighted by molar-refractivity contribution is -0.114. The molecule has 9 nitrogen and oxygen atoms in total. The monoisotopic (exact) mass is 398 g/mol. The zero-order chi connectivity index (χ0) is 20.6. The van der Waals surface area contributed by atoms with Crippen LogP contribution in [0, 0.1) is 6.92 Å². The Hall–Kier alpha value is -3.04. The first-order chi connectivity index (χ1) is 14.0. The fourth-order valence-corrected chi connectivity index (χ4v) is 3.01. The Kier molecular flexibility index (Phi) is 7.09. The van der Waals surface area contributed by atoms with Crippen LogP contribution in [0.15, 0.2) is 30.3 Å².